The summed E-state index contributed by atoms with van der Waals surface area (Å²) in [4.78, 5) is 14.3. The Kier molecular flexibility index (Phi) is 8.84. The fourth-order valence-electron chi connectivity index (χ4n) is 3.07. The molecule has 30 heavy (non-hydrogen) atoms. The second-order valence-electron chi connectivity index (χ2n) is 7.56. The molecule has 2 aromatic rings. The molecule has 0 atom stereocenters. The molecule has 7 heteroatoms. The van der Waals surface area contributed by atoms with E-state index in [0.717, 1.165) is 55.5 Å². The molecule has 0 saturated carbocycles. The van der Waals surface area contributed by atoms with Crippen LogP contribution >= 0.6 is 0 Å². The van der Waals surface area contributed by atoms with E-state index < -0.39 is 15.9 Å². The van der Waals surface area contributed by atoms with Gasteiger partial charge in [-0.1, -0.05) is 38.3 Å². The molecular formula is C23H30FNO4S. The van der Waals surface area contributed by atoms with Gasteiger partial charge in [0.1, 0.15) is 16.5 Å². The van der Waals surface area contributed by atoms with Gasteiger partial charge in [-0.25, -0.2) is 4.39 Å². The number of benzene rings is 2. The van der Waals surface area contributed by atoms with Crippen LogP contribution in [0.25, 0.3) is 0 Å². The molecule has 0 bridgehead atoms. The molecule has 0 N–H and O–H groups in total. The molecule has 1 amide bonds. The molecule has 0 heterocycles. The van der Waals surface area contributed by atoms with Crippen molar-refractivity contribution in [2.75, 3.05) is 0 Å². The Bertz CT molecular complexity index is 926. The van der Waals surface area contributed by atoms with Gasteiger partial charge in [0.2, 0.25) is 5.91 Å². The Labute approximate surface area is 179 Å². The third-order valence-corrected chi connectivity index (χ3v) is 6.01. The smallest absolute Gasteiger partial charge is 0.339 e. The minimum Gasteiger partial charge on any atom is -0.379 e. The average molecular weight is 436 g/mol. The molecule has 2 rings (SSSR count). The molecule has 0 fully saturated rings. The lowest BCUT2D eigenvalue weighted by atomic mass is 10.1. The summed E-state index contributed by atoms with van der Waals surface area (Å²) in [5.41, 5.74) is 0.775. The molecule has 2 aromatic carbocycles. The van der Waals surface area contributed by atoms with Crippen molar-refractivity contribution in [1.82, 2.24) is 4.90 Å². The summed E-state index contributed by atoms with van der Waals surface area (Å²) in [6, 6.07) is 11.2. The lowest BCUT2D eigenvalue weighted by Gasteiger charge is -2.27. The first-order valence-corrected chi connectivity index (χ1v) is 11.7. The van der Waals surface area contributed by atoms with Crippen molar-refractivity contribution in [1.29, 1.82) is 0 Å². The van der Waals surface area contributed by atoms with E-state index in [1.54, 1.807) is 17.0 Å². The number of nitrogens with zero attached hydrogens (tertiary/aromatic N) is 1. The normalized spacial score (nSPS) is 11.5. The quantitative estimate of drug-likeness (QED) is 0.355. The second kappa shape index (κ2) is 11.1. The van der Waals surface area contributed by atoms with Crippen LogP contribution < -0.4 is 4.18 Å². The van der Waals surface area contributed by atoms with Crippen LogP contribution in [0.2, 0.25) is 0 Å². The van der Waals surface area contributed by atoms with E-state index in [1.807, 2.05) is 19.9 Å². The van der Waals surface area contributed by atoms with Gasteiger partial charge in [-0.15, -0.1) is 0 Å². The van der Waals surface area contributed by atoms with E-state index in [1.165, 1.54) is 6.07 Å². The van der Waals surface area contributed by atoms with Crippen molar-refractivity contribution in [2.45, 2.75) is 70.4 Å². The standard InChI is InChI=1S/C23H30FNO4S/c1-4-5-6-7-11-23(26)25(18(2)3)17-19-9-8-10-21(16-19)29-30(27,28)22-14-12-20(24)13-15-22/h8-10,12-16,18H,4-7,11,17H2,1-3H3. The fraction of sp³-hybridized carbons (Fsp3) is 0.435. The summed E-state index contributed by atoms with van der Waals surface area (Å²) >= 11 is 0. The highest BCUT2D eigenvalue weighted by Crippen LogP contribution is 2.22. The summed E-state index contributed by atoms with van der Waals surface area (Å²) < 4.78 is 43.1. The van der Waals surface area contributed by atoms with Crippen molar-refractivity contribution in [2.24, 2.45) is 0 Å². The highest BCUT2D eigenvalue weighted by Gasteiger charge is 2.19. The number of amides is 1. The Morgan fingerprint density at radius 1 is 1.07 bits per heavy atom. The first-order chi connectivity index (χ1) is 14.2. The number of hydrogen-bond donors (Lipinski definition) is 0. The van der Waals surface area contributed by atoms with Gasteiger partial charge >= 0.3 is 10.1 Å². The topological polar surface area (TPSA) is 63.7 Å². The number of carbonyl (C=O) groups excluding carboxylic acids is 1. The molecule has 0 aliphatic carbocycles. The average Bonchev–Trinajstić information content (AvgIpc) is 2.69. The van der Waals surface area contributed by atoms with E-state index in [-0.39, 0.29) is 22.6 Å². The molecule has 0 saturated heterocycles. The SMILES string of the molecule is CCCCCCC(=O)N(Cc1cccc(OS(=O)(=O)c2ccc(F)cc2)c1)C(C)C. The lowest BCUT2D eigenvalue weighted by Crippen LogP contribution is -2.36. The van der Waals surface area contributed by atoms with Gasteiger partial charge in [0, 0.05) is 19.0 Å². The summed E-state index contributed by atoms with van der Waals surface area (Å²) in [7, 11) is -4.07. The zero-order valence-corrected chi connectivity index (χ0v) is 18.6. The highest BCUT2D eigenvalue weighted by molar-refractivity contribution is 7.87. The third kappa shape index (κ3) is 7.13. The molecule has 164 valence electrons. The molecular weight excluding hydrogens is 405 g/mol. The molecule has 5 nitrogen and oxygen atoms in total. The minimum atomic E-state index is -4.07. The van der Waals surface area contributed by atoms with Crippen LogP contribution in [0.15, 0.2) is 53.4 Å². The zero-order valence-electron chi connectivity index (χ0n) is 17.8. The van der Waals surface area contributed by atoms with Crippen LogP contribution in [-0.2, 0) is 21.5 Å². The van der Waals surface area contributed by atoms with Crippen LogP contribution in [0, 0.1) is 5.82 Å². The Hall–Kier alpha value is -2.41. The predicted octanol–water partition coefficient (Wildman–Crippen LogP) is 5.30. The van der Waals surface area contributed by atoms with Gasteiger partial charge in [0.05, 0.1) is 0 Å². The molecule has 0 aliphatic heterocycles. The van der Waals surface area contributed by atoms with Crippen molar-refractivity contribution in [3.63, 3.8) is 0 Å². The molecule has 0 radical (unpaired) electrons. The number of halogens is 1. The van der Waals surface area contributed by atoms with E-state index in [0.29, 0.717) is 13.0 Å². The first-order valence-electron chi connectivity index (χ1n) is 10.3. The highest BCUT2D eigenvalue weighted by atomic mass is 32.2. The lowest BCUT2D eigenvalue weighted by molar-refractivity contribution is -0.133. The number of hydrogen-bond acceptors (Lipinski definition) is 4. The molecule has 0 aromatic heterocycles. The van der Waals surface area contributed by atoms with Gasteiger partial charge in [0.25, 0.3) is 0 Å². The monoisotopic (exact) mass is 435 g/mol. The van der Waals surface area contributed by atoms with Crippen molar-refractivity contribution in [3.05, 3.63) is 59.9 Å². The van der Waals surface area contributed by atoms with Gasteiger partial charge in [-0.3, -0.25) is 4.79 Å². The van der Waals surface area contributed by atoms with E-state index >= 15 is 0 Å². The van der Waals surface area contributed by atoms with Gasteiger partial charge in [0.15, 0.2) is 0 Å². The third-order valence-electron chi connectivity index (χ3n) is 4.75. The van der Waals surface area contributed by atoms with E-state index in [2.05, 4.69) is 6.92 Å². The minimum absolute atomic E-state index is 0.0243. The number of rotatable bonds is 11. The number of unbranched alkanes of at least 4 members (excludes halogenated alkanes) is 3. The fourth-order valence-corrected chi connectivity index (χ4v) is 4.00. The van der Waals surface area contributed by atoms with Crippen molar-refractivity contribution in [3.8, 4) is 5.75 Å². The number of carbonyl (C=O) groups is 1. The molecule has 0 spiro atoms. The maximum absolute atomic E-state index is 13.1. The van der Waals surface area contributed by atoms with Gasteiger partial charge in [-0.2, -0.15) is 8.42 Å². The molecule has 0 unspecified atom stereocenters. The van der Waals surface area contributed by atoms with Crippen LogP contribution in [0.4, 0.5) is 4.39 Å². The summed E-state index contributed by atoms with van der Waals surface area (Å²) in [6.45, 7) is 6.43. The van der Waals surface area contributed by atoms with E-state index in [4.69, 9.17) is 4.18 Å². The summed E-state index contributed by atoms with van der Waals surface area (Å²) in [5.74, 6) is -0.286. The maximum atomic E-state index is 13.1. The summed E-state index contributed by atoms with van der Waals surface area (Å²) in [6.07, 6.45) is 4.66. The van der Waals surface area contributed by atoms with Crippen LogP contribution in [0.3, 0.4) is 0 Å². The van der Waals surface area contributed by atoms with Gasteiger partial charge in [-0.05, 0) is 62.2 Å². The second-order valence-corrected chi connectivity index (χ2v) is 9.11. The largest absolute Gasteiger partial charge is 0.379 e. The Morgan fingerprint density at radius 2 is 1.77 bits per heavy atom. The van der Waals surface area contributed by atoms with Crippen LogP contribution in [0.1, 0.15) is 58.4 Å². The maximum Gasteiger partial charge on any atom is 0.339 e. The Balaban J connectivity index is 2.09. The molecule has 0 aliphatic rings. The van der Waals surface area contributed by atoms with Crippen molar-refractivity contribution < 1.29 is 21.8 Å². The predicted molar refractivity (Wildman–Crippen MR) is 115 cm³/mol. The van der Waals surface area contributed by atoms with Crippen LogP contribution in [-0.4, -0.2) is 25.3 Å². The first kappa shape index (κ1) is 23.9. The zero-order chi connectivity index (χ0) is 22.1. The summed E-state index contributed by atoms with van der Waals surface area (Å²) in [5, 5.41) is 0. The van der Waals surface area contributed by atoms with Crippen molar-refractivity contribution >= 4 is 16.0 Å². The van der Waals surface area contributed by atoms with Crippen LogP contribution in [0.5, 0.6) is 5.75 Å². The Morgan fingerprint density at radius 3 is 2.40 bits per heavy atom. The van der Waals surface area contributed by atoms with E-state index in [9.17, 15) is 17.6 Å². The van der Waals surface area contributed by atoms with Gasteiger partial charge < -0.3 is 9.08 Å².